The summed E-state index contributed by atoms with van der Waals surface area (Å²) in [6.45, 7) is 7.20. The highest BCUT2D eigenvalue weighted by Crippen LogP contribution is 2.41. The number of halogens is 1. The van der Waals surface area contributed by atoms with Crippen LogP contribution in [-0.4, -0.2) is 73.4 Å². The highest BCUT2D eigenvalue weighted by atomic mass is 19.1. The van der Waals surface area contributed by atoms with Crippen LogP contribution in [0.15, 0.2) is 18.5 Å². The minimum Gasteiger partial charge on any atom is -0.483 e. The van der Waals surface area contributed by atoms with Gasteiger partial charge < -0.3 is 25.0 Å². The summed E-state index contributed by atoms with van der Waals surface area (Å²) in [4.78, 5) is 13.6. The van der Waals surface area contributed by atoms with Crippen molar-refractivity contribution in [2.24, 2.45) is 0 Å². The summed E-state index contributed by atoms with van der Waals surface area (Å²) in [5.41, 5.74) is 2.51. The molecule has 0 saturated carbocycles. The molecule has 1 unspecified atom stereocenters. The summed E-state index contributed by atoms with van der Waals surface area (Å²) in [6.07, 6.45) is 2.75. The van der Waals surface area contributed by atoms with Crippen LogP contribution < -0.4 is 20.3 Å². The molecule has 1 aromatic carbocycles. The summed E-state index contributed by atoms with van der Waals surface area (Å²) < 4.78 is 26.4. The Morgan fingerprint density at radius 2 is 2.00 bits per heavy atom. The van der Waals surface area contributed by atoms with Crippen molar-refractivity contribution in [2.75, 3.05) is 62.7 Å². The second kappa shape index (κ2) is 7.89. The fraction of sp³-hybridized carbons (Fsp3) is 0.545. The second-order valence-corrected chi connectivity index (χ2v) is 8.71. The van der Waals surface area contributed by atoms with Gasteiger partial charge in [0.15, 0.2) is 11.6 Å². The summed E-state index contributed by atoms with van der Waals surface area (Å²) in [5.74, 6) is 1.79. The number of fused-ring (bicyclic) bond motifs is 2. The third kappa shape index (κ3) is 3.50. The van der Waals surface area contributed by atoms with E-state index in [1.165, 1.54) is 6.42 Å². The predicted octanol–water partition coefficient (Wildman–Crippen LogP) is 1.85. The number of anilines is 3. The van der Waals surface area contributed by atoms with Crippen LogP contribution in [0.2, 0.25) is 0 Å². The maximum Gasteiger partial charge on any atom is 0.178 e. The zero-order valence-electron chi connectivity index (χ0n) is 17.4. The molecule has 9 heteroatoms. The summed E-state index contributed by atoms with van der Waals surface area (Å²) in [6, 6.07) is 4.28. The van der Waals surface area contributed by atoms with Gasteiger partial charge in [-0.15, -0.1) is 0 Å². The van der Waals surface area contributed by atoms with Crippen LogP contribution in [0.4, 0.5) is 21.7 Å². The predicted molar refractivity (Wildman–Crippen MR) is 115 cm³/mol. The molecule has 1 atom stereocenters. The third-order valence-corrected chi connectivity index (χ3v) is 6.84. The molecule has 2 aromatic rings. The van der Waals surface area contributed by atoms with Crippen LogP contribution in [0, 0.1) is 5.82 Å². The first-order chi connectivity index (χ1) is 15.3. The van der Waals surface area contributed by atoms with E-state index in [2.05, 4.69) is 30.4 Å². The van der Waals surface area contributed by atoms with Gasteiger partial charge >= 0.3 is 0 Å². The SMILES string of the molecule is Fc1cc(C2CN(C3CCNC3)C2)cc2c1OCc1c(ncnc1N1CCOCC1)N2. The molecule has 31 heavy (non-hydrogen) atoms. The fourth-order valence-electron chi connectivity index (χ4n) is 5.03. The van der Waals surface area contributed by atoms with Gasteiger partial charge in [-0.1, -0.05) is 0 Å². The second-order valence-electron chi connectivity index (χ2n) is 8.71. The molecule has 3 fully saturated rings. The molecule has 4 aliphatic heterocycles. The Labute approximate surface area is 180 Å². The van der Waals surface area contributed by atoms with Gasteiger partial charge in [0.25, 0.3) is 0 Å². The molecular weight excluding hydrogens is 399 g/mol. The van der Waals surface area contributed by atoms with Crippen molar-refractivity contribution < 1.29 is 13.9 Å². The van der Waals surface area contributed by atoms with Crippen LogP contribution in [0.3, 0.4) is 0 Å². The van der Waals surface area contributed by atoms with Gasteiger partial charge in [0, 0.05) is 44.7 Å². The molecule has 3 saturated heterocycles. The van der Waals surface area contributed by atoms with E-state index in [0.29, 0.717) is 36.7 Å². The zero-order chi connectivity index (χ0) is 20.8. The highest BCUT2D eigenvalue weighted by Gasteiger charge is 2.35. The van der Waals surface area contributed by atoms with Gasteiger partial charge in [-0.25, -0.2) is 14.4 Å². The number of hydrogen-bond donors (Lipinski definition) is 2. The van der Waals surface area contributed by atoms with Gasteiger partial charge in [-0.3, -0.25) is 4.90 Å². The average molecular weight is 426 g/mol. The number of benzene rings is 1. The highest BCUT2D eigenvalue weighted by molar-refractivity contribution is 5.72. The maximum atomic E-state index is 15.1. The van der Waals surface area contributed by atoms with Crippen molar-refractivity contribution in [3.8, 4) is 5.75 Å². The quantitative estimate of drug-likeness (QED) is 0.771. The number of likely N-dealkylation sites (tertiary alicyclic amines) is 1. The lowest BCUT2D eigenvalue weighted by Gasteiger charge is -2.43. The number of morpholine rings is 1. The largest absolute Gasteiger partial charge is 0.483 e. The van der Waals surface area contributed by atoms with Gasteiger partial charge in [0.1, 0.15) is 24.6 Å². The van der Waals surface area contributed by atoms with Crippen LogP contribution in [0.25, 0.3) is 0 Å². The van der Waals surface area contributed by atoms with Crippen LogP contribution in [0.1, 0.15) is 23.5 Å². The minimum atomic E-state index is -0.324. The monoisotopic (exact) mass is 426 g/mol. The lowest BCUT2D eigenvalue weighted by molar-refractivity contribution is 0.101. The Hall–Kier alpha value is -2.49. The molecule has 0 aliphatic carbocycles. The molecule has 0 amide bonds. The molecule has 0 radical (unpaired) electrons. The lowest BCUT2D eigenvalue weighted by Crippen LogP contribution is -2.51. The first-order valence-corrected chi connectivity index (χ1v) is 11.1. The van der Waals surface area contributed by atoms with Crippen molar-refractivity contribution in [2.45, 2.75) is 25.0 Å². The van der Waals surface area contributed by atoms with Crippen molar-refractivity contribution in [3.05, 3.63) is 35.4 Å². The third-order valence-electron chi connectivity index (χ3n) is 6.84. The lowest BCUT2D eigenvalue weighted by atomic mass is 9.89. The van der Waals surface area contributed by atoms with Crippen molar-refractivity contribution in [3.63, 3.8) is 0 Å². The van der Waals surface area contributed by atoms with E-state index in [9.17, 15) is 0 Å². The van der Waals surface area contributed by atoms with E-state index in [0.717, 1.165) is 56.2 Å². The smallest absolute Gasteiger partial charge is 0.178 e. The Kier molecular flexibility index (Phi) is 4.89. The number of nitrogens with one attached hydrogen (secondary N) is 2. The Morgan fingerprint density at radius 3 is 2.81 bits per heavy atom. The molecule has 4 aliphatic rings. The first-order valence-electron chi connectivity index (χ1n) is 11.1. The molecular formula is C22H27FN6O2. The first kappa shape index (κ1) is 19.2. The Bertz CT molecular complexity index is 971. The fourth-order valence-corrected chi connectivity index (χ4v) is 5.03. The minimum absolute atomic E-state index is 0.227. The van der Waals surface area contributed by atoms with Gasteiger partial charge in [0.2, 0.25) is 0 Å². The zero-order valence-corrected chi connectivity index (χ0v) is 17.4. The molecule has 8 nitrogen and oxygen atoms in total. The van der Waals surface area contributed by atoms with E-state index in [-0.39, 0.29) is 18.2 Å². The van der Waals surface area contributed by atoms with E-state index in [1.807, 2.05) is 6.07 Å². The number of nitrogens with zero attached hydrogens (tertiary/aromatic N) is 4. The molecule has 1 aromatic heterocycles. The Morgan fingerprint density at radius 1 is 1.13 bits per heavy atom. The number of hydrogen-bond acceptors (Lipinski definition) is 8. The van der Waals surface area contributed by atoms with E-state index < -0.39 is 0 Å². The van der Waals surface area contributed by atoms with Crippen molar-refractivity contribution in [1.82, 2.24) is 20.2 Å². The van der Waals surface area contributed by atoms with E-state index in [1.54, 1.807) is 12.4 Å². The maximum absolute atomic E-state index is 15.1. The molecule has 2 N–H and O–H groups in total. The van der Waals surface area contributed by atoms with Crippen molar-refractivity contribution >= 4 is 17.3 Å². The van der Waals surface area contributed by atoms with Gasteiger partial charge in [-0.05, 0) is 30.7 Å². The van der Waals surface area contributed by atoms with E-state index in [4.69, 9.17) is 9.47 Å². The van der Waals surface area contributed by atoms with Crippen LogP contribution in [-0.2, 0) is 11.3 Å². The van der Waals surface area contributed by atoms with Gasteiger partial charge in [0.05, 0.1) is 24.5 Å². The molecule has 164 valence electrons. The number of aromatic nitrogens is 2. The van der Waals surface area contributed by atoms with Crippen LogP contribution in [0.5, 0.6) is 5.75 Å². The summed E-state index contributed by atoms with van der Waals surface area (Å²) in [5, 5.41) is 6.76. The number of ether oxygens (including phenoxy) is 2. The molecule has 0 bridgehead atoms. The van der Waals surface area contributed by atoms with E-state index >= 15 is 4.39 Å². The van der Waals surface area contributed by atoms with Crippen LogP contribution >= 0.6 is 0 Å². The Balaban J connectivity index is 1.25. The van der Waals surface area contributed by atoms with Gasteiger partial charge in [-0.2, -0.15) is 0 Å². The summed E-state index contributed by atoms with van der Waals surface area (Å²) in [7, 11) is 0. The van der Waals surface area contributed by atoms with Crippen molar-refractivity contribution in [1.29, 1.82) is 0 Å². The molecule has 5 heterocycles. The average Bonchev–Trinajstić information content (AvgIpc) is 3.20. The topological polar surface area (TPSA) is 74.8 Å². The normalized spacial score (nSPS) is 23.9. The summed E-state index contributed by atoms with van der Waals surface area (Å²) >= 11 is 0. The molecule has 0 spiro atoms. The molecule has 6 rings (SSSR count). The number of rotatable bonds is 3. The standard InChI is InChI=1S/C22H27FN6O2/c23-18-7-14(15-10-29(11-15)16-1-2-24-9-16)8-19-20(18)31-12-17-21(27-19)25-13-26-22(17)28-3-5-30-6-4-28/h7-8,13,15-16,24H,1-6,9-12H2,(H,25,26,27).